The normalized spacial score (nSPS) is 17.1. The van der Waals surface area contributed by atoms with Gasteiger partial charge in [0.05, 0.1) is 11.0 Å². The highest BCUT2D eigenvalue weighted by Crippen LogP contribution is 2.40. The fraction of sp³-hybridized carbons (Fsp3) is 0.250. The van der Waals surface area contributed by atoms with Crippen LogP contribution in [0, 0.1) is 0 Å². The molecule has 2 aromatic carbocycles. The van der Waals surface area contributed by atoms with Gasteiger partial charge >= 0.3 is 5.63 Å². The van der Waals surface area contributed by atoms with Crippen LogP contribution in [0.1, 0.15) is 19.4 Å². The number of hydrogen-bond acceptors (Lipinski definition) is 6. The summed E-state index contributed by atoms with van der Waals surface area (Å²) < 4.78 is 17.2. The van der Waals surface area contributed by atoms with Crippen LogP contribution in [0.5, 0.6) is 11.5 Å². The minimum atomic E-state index is -0.973. The molecule has 1 atom stereocenters. The predicted octanol–water partition coefficient (Wildman–Crippen LogP) is 3.47. The molecule has 5 rings (SSSR count). The molecule has 2 N–H and O–H groups in total. The van der Waals surface area contributed by atoms with E-state index in [2.05, 4.69) is 0 Å². The van der Waals surface area contributed by atoms with Gasteiger partial charge in [0.1, 0.15) is 34.2 Å². The molecule has 1 aliphatic rings. The highest BCUT2D eigenvalue weighted by molar-refractivity contribution is 6.13. The number of fused-ring (bicyclic) bond motifs is 6. The van der Waals surface area contributed by atoms with Crippen LogP contribution in [-0.2, 0) is 6.42 Å². The van der Waals surface area contributed by atoms with Crippen molar-refractivity contribution in [3.8, 4) is 11.5 Å². The van der Waals surface area contributed by atoms with Crippen molar-refractivity contribution in [2.75, 3.05) is 0 Å². The first-order valence-electron chi connectivity index (χ1n) is 8.35. The topological polar surface area (TPSA) is 93.0 Å². The van der Waals surface area contributed by atoms with Crippen molar-refractivity contribution in [1.82, 2.24) is 0 Å². The van der Waals surface area contributed by atoms with Gasteiger partial charge in [0, 0.05) is 23.9 Å². The van der Waals surface area contributed by atoms with Gasteiger partial charge in [-0.2, -0.15) is 0 Å². The summed E-state index contributed by atoms with van der Waals surface area (Å²) in [5, 5.41) is 21.4. The van der Waals surface area contributed by atoms with Crippen molar-refractivity contribution in [3.05, 3.63) is 46.3 Å². The number of hydrogen-bond donors (Lipinski definition) is 2. The molecule has 6 nitrogen and oxygen atoms in total. The monoisotopic (exact) mass is 352 g/mol. The Hall–Kier alpha value is -2.99. The third-order valence-corrected chi connectivity index (χ3v) is 4.95. The lowest BCUT2D eigenvalue weighted by Gasteiger charge is -2.24. The van der Waals surface area contributed by atoms with Crippen LogP contribution < -0.4 is 10.4 Å². The molecule has 0 saturated carbocycles. The standard InChI is InChI=1S/C20H16O6/c1-20(2,23)16-6-9-5-12-15(8-13(9)24-16)25-18-11-4-3-10(21)7-14(11)26-19(22)17(12)18/h3-5,7-8,16,21,23H,6H2,1-2H3/t16-/m0/s1. The predicted molar refractivity (Wildman–Crippen MR) is 95.8 cm³/mol. The highest BCUT2D eigenvalue weighted by atomic mass is 16.5. The van der Waals surface area contributed by atoms with Gasteiger partial charge in [-0.3, -0.25) is 0 Å². The summed E-state index contributed by atoms with van der Waals surface area (Å²) in [7, 11) is 0. The van der Waals surface area contributed by atoms with Crippen molar-refractivity contribution in [3.63, 3.8) is 0 Å². The summed E-state index contributed by atoms with van der Waals surface area (Å²) in [6.07, 6.45) is 0.198. The second kappa shape index (κ2) is 4.80. The van der Waals surface area contributed by atoms with Crippen LogP contribution in [0.25, 0.3) is 32.9 Å². The van der Waals surface area contributed by atoms with E-state index in [-0.39, 0.29) is 17.4 Å². The Morgan fingerprint density at radius 3 is 2.62 bits per heavy atom. The number of ether oxygens (including phenoxy) is 1. The van der Waals surface area contributed by atoms with Gasteiger partial charge in [0.15, 0.2) is 5.58 Å². The molecule has 6 heteroatoms. The first-order chi connectivity index (χ1) is 12.3. The van der Waals surface area contributed by atoms with E-state index < -0.39 is 11.2 Å². The second-order valence-corrected chi connectivity index (χ2v) is 7.30. The minimum absolute atomic E-state index is 0.0150. The Balaban J connectivity index is 1.80. The van der Waals surface area contributed by atoms with E-state index in [1.54, 1.807) is 26.0 Å². The van der Waals surface area contributed by atoms with E-state index in [0.29, 0.717) is 39.5 Å². The van der Waals surface area contributed by atoms with Crippen LogP contribution in [0.2, 0.25) is 0 Å². The van der Waals surface area contributed by atoms with E-state index >= 15 is 0 Å². The summed E-state index contributed by atoms with van der Waals surface area (Å²) in [5.74, 6) is 0.663. The van der Waals surface area contributed by atoms with Crippen LogP contribution >= 0.6 is 0 Å². The number of rotatable bonds is 1. The zero-order valence-electron chi connectivity index (χ0n) is 14.2. The Morgan fingerprint density at radius 1 is 1.08 bits per heavy atom. The molecule has 0 saturated heterocycles. The third-order valence-electron chi connectivity index (χ3n) is 4.95. The molecule has 0 spiro atoms. The quantitative estimate of drug-likeness (QED) is 0.510. The van der Waals surface area contributed by atoms with Gasteiger partial charge in [-0.15, -0.1) is 0 Å². The number of aromatic hydroxyl groups is 1. The second-order valence-electron chi connectivity index (χ2n) is 7.30. The summed E-state index contributed by atoms with van der Waals surface area (Å²) >= 11 is 0. The number of aliphatic hydroxyl groups is 1. The lowest BCUT2D eigenvalue weighted by atomic mass is 9.97. The highest BCUT2D eigenvalue weighted by Gasteiger charge is 2.35. The van der Waals surface area contributed by atoms with Crippen molar-refractivity contribution in [1.29, 1.82) is 0 Å². The van der Waals surface area contributed by atoms with Gasteiger partial charge < -0.3 is 23.8 Å². The van der Waals surface area contributed by atoms with Crippen molar-refractivity contribution in [2.24, 2.45) is 0 Å². The van der Waals surface area contributed by atoms with Crippen molar-refractivity contribution < 1.29 is 23.8 Å². The molecule has 0 amide bonds. The molecule has 132 valence electrons. The minimum Gasteiger partial charge on any atom is -0.508 e. The Bertz CT molecular complexity index is 1250. The van der Waals surface area contributed by atoms with Crippen molar-refractivity contribution in [2.45, 2.75) is 32.0 Å². The average molecular weight is 352 g/mol. The number of benzene rings is 2. The van der Waals surface area contributed by atoms with Gasteiger partial charge in [0.25, 0.3) is 0 Å². The maximum Gasteiger partial charge on any atom is 0.348 e. The molecule has 0 radical (unpaired) electrons. The molecular formula is C20H16O6. The molecule has 26 heavy (non-hydrogen) atoms. The van der Waals surface area contributed by atoms with Crippen LogP contribution in [0.15, 0.2) is 44.0 Å². The van der Waals surface area contributed by atoms with Crippen LogP contribution in [0.4, 0.5) is 0 Å². The zero-order valence-corrected chi connectivity index (χ0v) is 14.2. The van der Waals surface area contributed by atoms with E-state index in [1.807, 2.05) is 6.07 Å². The SMILES string of the molecule is CC(C)(O)[C@@H]1Cc2cc3c(cc2O1)oc1c2ccc(O)cc2oc(=O)c31. The lowest BCUT2D eigenvalue weighted by molar-refractivity contribution is -0.0229. The first-order valence-corrected chi connectivity index (χ1v) is 8.35. The van der Waals surface area contributed by atoms with Crippen LogP contribution in [-0.4, -0.2) is 21.9 Å². The fourth-order valence-electron chi connectivity index (χ4n) is 3.55. The Labute approximate surface area is 147 Å². The fourth-order valence-corrected chi connectivity index (χ4v) is 3.55. The molecule has 0 aliphatic carbocycles. The zero-order chi connectivity index (χ0) is 18.2. The lowest BCUT2D eigenvalue weighted by Crippen LogP contribution is -2.39. The smallest absolute Gasteiger partial charge is 0.348 e. The maximum atomic E-state index is 12.5. The van der Waals surface area contributed by atoms with Gasteiger partial charge in [-0.1, -0.05) is 0 Å². The van der Waals surface area contributed by atoms with E-state index in [0.717, 1.165) is 5.56 Å². The van der Waals surface area contributed by atoms with E-state index in [4.69, 9.17) is 13.6 Å². The number of furan rings is 1. The Kier molecular flexibility index (Phi) is 2.82. The molecular weight excluding hydrogens is 336 g/mol. The third kappa shape index (κ3) is 2.05. The van der Waals surface area contributed by atoms with Gasteiger partial charge in [0.2, 0.25) is 0 Å². The van der Waals surface area contributed by atoms with Gasteiger partial charge in [-0.05, 0) is 37.6 Å². The largest absolute Gasteiger partial charge is 0.508 e. The Morgan fingerprint density at radius 2 is 1.85 bits per heavy atom. The summed E-state index contributed by atoms with van der Waals surface area (Å²) in [5.41, 5.74) is 0.635. The average Bonchev–Trinajstić information content (AvgIpc) is 3.12. The number of phenols is 1. The van der Waals surface area contributed by atoms with E-state index in [9.17, 15) is 15.0 Å². The molecule has 0 unspecified atom stereocenters. The number of phenolic OH excluding ortho intramolecular Hbond substituents is 1. The molecule has 0 fully saturated rings. The maximum absolute atomic E-state index is 12.5. The molecule has 0 bridgehead atoms. The van der Waals surface area contributed by atoms with Crippen LogP contribution in [0.3, 0.4) is 0 Å². The van der Waals surface area contributed by atoms with E-state index in [1.165, 1.54) is 12.1 Å². The van der Waals surface area contributed by atoms with Crippen molar-refractivity contribution >= 4 is 32.9 Å². The van der Waals surface area contributed by atoms with Gasteiger partial charge in [-0.25, -0.2) is 4.79 Å². The summed E-state index contributed by atoms with van der Waals surface area (Å²) in [6, 6.07) is 8.19. The molecule has 4 aromatic rings. The first kappa shape index (κ1) is 15.3. The summed E-state index contributed by atoms with van der Waals surface area (Å²) in [4.78, 5) is 12.5. The molecule has 3 heterocycles. The molecule has 2 aromatic heterocycles. The molecule has 1 aliphatic heterocycles. The summed E-state index contributed by atoms with van der Waals surface area (Å²) in [6.45, 7) is 3.42.